The van der Waals surface area contributed by atoms with Gasteiger partial charge >= 0.3 is 0 Å². The van der Waals surface area contributed by atoms with Gasteiger partial charge in [0.25, 0.3) is 5.91 Å². The highest BCUT2D eigenvalue weighted by Gasteiger charge is 2.07. The molecule has 3 rings (SSSR count). The van der Waals surface area contributed by atoms with Crippen LogP contribution in [0.15, 0.2) is 67.0 Å². The molecule has 0 aliphatic rings. The van der Waals surface area contributed by atoms with E-state index in [0.717, 1.165) is 11.3 Å². The molecule has 0 atom stereocenters. The maximum absolute atomic E-state index is 12.4. The lowest BCUT2D eigenvalue weighted by Gasteiger charge is -2.09. The molecule has 1 heterocycles. The van der Waals surface area contributed by atoms with E-state index in [2.05, 4.69) is 15.6 Å². The fourth-order valence-corrected chi connectivity index (χ4v) is 2.92. The van der Waals surface area contributed by atoms with Crippen LogP contribution in [0, 0.1) is 0 Å². The Morgan fingerprint density at radius 1 is 0.964 bits per heavy atom. The number of amides is 1. The summed E-state index contributed by atoms with van der Waals surface area (Å²) in [5.41, 5.74) is 3.69. The maximum Gasteiger partial charge on any atom is 0.252 e. The summed E-state index contributed by atoms with van der Waals surface area (Å²) in [6, 6.07) is 16.4. The zero-order valence-electron chi connectivity index (χ0n) is 15.4. The second kappa shape index (κ2) is 9.15. The Kier molecular flexibility index (Phi) is 6.40. The quantitative estimate of drug-likeness (QED) is 0.573. The summed E-state index contributed by atoms with van der Waals surface area (Å²) < 4.78 is 0. The summed E-state index contributed by atoms with van der Waals surface area (Å²) in [6.45, 7) is 2.03. The Hall–Kier alpha value is -3.18. The molecule has 0 fully saturated rings. The first-order chi connectivity index (χ1) is 13.5. The third-order valence-corrected chi connectivity index (χ3v) is 4.40. The largest absolute Gasteiger partial charge is 0.354 e. The van der Waals surface area contributed by atoms with E-state index >= 15 is 0 Å². The Balaban J connectivity index is 1.58. The van der Waals surface area contributed by atoms with Crippen molar-refractivity contribution in [3.8, 4) is 0 Å². The standard InChI is InChI=1S/C22H20ClN3O2/c1-15(27)17-5-7-20(8-6-17)26-21-12-18(13-24-14-21)22(28)25-10-9-16-3-2-4-19(23)11-16/h2-8,11-14,26H,9-10H2,1H3,(H,25,28). The predicted molar refractivity (Wildman–Crippen MR) is 111 cm³/mol. The zero-order valence-corrected chi connectivity index (χ0v) is 16.2. The molecular formula is C22H20ClN3O2. The van der Waals surface area contributed by atoms with Crippen LogP contribution < -0.4 is 10.6 Å². The van der Waals surface area contributed by atoms with E-state index < -0.39 is 0 Å². The summed E-state index contributed by atoms with van der Waals surface area (Å²) in [6.07, 6.45) is 3.86. The second-order valence-electron chi connectivity index (χ2n) is 6.36. The number of rotatable bonds is 7. The van der Waals surface area contributed by atoms with Crippen molar-refractivity contribution >= 4 is 34.7 Å². The molecule has 28 heavy (non-hydrogen) atoms. The third kappa shape index (κ3) is 5.41. The van der Waals surface area contributed by atoms with Crippen LogP contribution in [-0.4, -0.2) is 23.2 Å². The van der Waals surface area contributed by atoms with E-state index in [1.54, 1.807) is 24.4 Å². The Morgan fingerprint density at radius 2 is 1.75 bits per heavy atom. The average molecular weight is 394 g/mol. The summed E-state index contributed by atoms with van der Waals surface area (Å²) >= 11 is 5.97. The number of nitrogens with one attached hydrogen (secondary N) is 2. The molecule has 3 aromatic rings. The Morgan fingerprint density at radius 3 is 2.46 bits per heavy atom. The van der Waals surface area contributed by atoms with Gasteiger partial charge in [0.1, 0.15) is 0 Å². The fraction of sp³-hybridized carbons (Fsp3) is 0.136. The Bertz CT molecular complexity index is 987. The smallest absolute Gasteiger partial charge is 0.252 e. The summed E-state index contributed by atoms with van der Waals surface area (Å²) in [5.74, 6) is -0.172. The highest BCUT2D eigenvalue weighted by atomic mass is 35.5. The highest BCUT2D eigenvalue weighted by Crippen LogP contribution is 2.18. The topological polar surface area (TPSA) is 71.1 Å². The summed E-state index contributed by atoms with van der Waals surface area (Å²) in [7, 11) is 0. The van der Waals surface area contributed by atoms with Gasteiger partial charge in [0.05, 0.1) is 17.4 Å². The second-order valence-corrected chi connectivity index (χ2v) is 6.79. The number of nitrogens with zero attached hydrogens (tertiary/aromatic N) is 1. The van der Waals surface area contributed by atoms with Gasteiger partial charge in [-0.2, -0.15) is 0 Å². The lowest BCUT2D eigenvalue weighted by Crippen LogP contribution is -2.25. The first-order valence-corrected chi connectivity index (χ1v) is 9.25. The monoisotopic (exact) mass is 393 g/mol. The molecule has 0 radical (unpaired) electrons. The number of carbonyl (C=O) groups excluding carboxylic acids is 2. The number of hydrogen-bond acceptors (Lipinski definition) is 4. The summed E-state index contributed by atoms with van der Waals surface area (Å²) in [5, 5.41) is 6.76. The molecule has 1 amide bonds. The van der Waals surface area contributed by atoms with Gasteiger partial charge in [-0.05, 0) is 61.4 Å². The van der Waals surface area contributed by atoms with Gasteiger partial charge in [0.2, 0.25) is 0 Å². The SMILES string of the molecule is CC(=O)c1ccc(Nc2cncc(C(=O)NCCc3cccc(Cl)c3)c2)cc1. The van der Waals surface area contributed by atoms with Crippen LogP contribution in [-0.2, 0) is 6.42 Å². The third-order valence-electron chi connectivity index (χ3n) is 4.17. The average Bonchev–Trinajstić information content (AvgIpc) is 2.68. The minimum Gasteiger partial charge on any atom is -0.354 e. The number of pyridine rings is 1. The van der Waals surface area contributed by atoms with Gasteiger partial charge in [0, 0.05) is 29.0 Å². The number of ketones is 1. The molecule has 0 aliphatic heterocycles. The van der Waals surface area contributed by atoms with Crippen molar-refractivity contribution in [3.63, 3.8) is 0 Å². The van der Waals surface area contributed by atoms with Crippen LogP contribution >= 0.6 is 11.6 Å². The van der Waals surface area contributed by atoms with E-state index in [-0.39, 0.29) is 11.7 Å². The molecule has 1 aromatic heterocycles. The number of halogens is 1. The zero-order chi connectivity index (χ0) is 19.9. The lowest BCUT2D eigenvalue weighted by atomic mass is 10.1. The molecule has 0 spiro atoms. The molecular weight excluding hydrogens is 374 g/mol. The first-order valence-electron chi connectivity index (χ1n) is 8.87. The van der Waals surface area contributed by atoms with Crippen LogP contribution in [0.2, 0.25) is 5.02 Å². The lowest BCUT2D eigenvalue weighted by molar-refractivity contribution is 0.0952. The molecule has 0 aliphatic carbocycles. The summed E-state index contributed by atoms with van der Waals surface area (Å²) in [4.78, 5) is 27.9. The van der Waals surface area contributed by atoms with Crippen molar-refractivity contribution in [2.75, 3.05) is 11.9 Å². The van der Waals surface area contributed by atoms with Crippen molar-refractivity contribution in [1.82, 2.24) is 10.3 Å². The van der Waals surface area contributed by atoms with Crippen molar-refractivity contribution in [3.05, 3.63) is 88.7 Å². The van der Waals surface area contributed by atoms with E-state index in [9.17, 15) is 9.59 Å². The number of Topliss-reactive ketones (excluding diaryl/α,β-unsaturated/α-hetero) is 1. The van der Waals surface area contributed by atoms with Crippen LogP contribution in [0.25, 0.3) is 0 Å². The van der Waals surface area contributed by atoms with Crippen LogP contribution in [0.5, 0.6) is 0 Å². The first kappa shape index (κ1) is 19.6. The molecule has 6 heteroatoms. The predicted octanol–water partition coefficient (Wildman–Crippen LogP) is 4.65. The van der Waals surface area contributed by atoms with Crippen molar-refractivity contribution < 1.29 is 9.59 Å². The van der Waals surface area contributed by atoms with Gasteiger partial charge in [-0.25, -0.2) is 0 Å². The van der Waals surface area contributed by atoms with Crippen LogP contribution in [0.1, 0.15) is 33.2 Å². The van der Waals surface area contributed by atoms with Gasteiger partial charge in [-0.1, -0.05) is 23.7 Å². The van der Waals surface area contributed by atoms with Gasteiger partial charge in [-0.15, -0.1) is 0 Å². The molecule has 0 saturated heterocycles. The molecule has 2 N–H and O–H groups in total. The molecule has 5 nitrogen and oxygen atoms in total. The fourth-order valence-electron chi connectivity index (χ4n) is 2.70. The number of hydrogen-bond donors (Lipinski definition) is 2. The maximum atomic E-state index is 12.4. The van der Waals surface area contributed by atoms with Gasteiger partial charge < -0.3 is 10.6 Å². The van der Waals surface area contributed by atoms with Crippen LogP contribution in [0.3, 0.4) is 0 Å². The normalized spacial score (nSPS) is 10.4. The van der Waals surface area contributed by atoms with Crippen molar-refractivity contribution in [1.29, 1.82) is 0 Å². The molecule has 0 unspecified atom stereocenters. The molecule has 2 aromatic carbocycles. The van der Waals surface area contributed by atoms with E-state index in [4.69, 9.17) is 11.6 Å². The van der Waals surface area contributed by atoms with Crippen molar-refractivity contribution in [2.45, 2.75) is 13.3 Å². The minimum atomic E-state index is -0.190. The molecule has 142 valence electrons. The number of aromatic nitrogens is 1. The number of anilines is 2. The molecule has 0 bridgehead atoms. The van der Waals surface area contributed by atoms with Gasteiger partial charge in [0.15, 0.2) is 5.78 Å². The number of carbonyl (C=O) groups is 2. The van der Waals surface area contributed by atoms with Gasteiger partial charge in [-0.3, -0.25) is 14.6 Å². The Labute approximate surface area is 168 Å². The minimum absolute atomic E-state index is 0.0182. The number of benzene rings is 2. The van der Waals surface area contributed by atoms with E-state index in [0.29, 0.717) is 34.8 Å². The molecule has 0 saturated carbocycles. The van der Waals surface area contributed by atoms with E-state index in [1.165, 1.54) is 13.1 Å². The van der Waals surface area contributed by atoms with Crippen molar-refractivity contribution in [2.24, 2.45) is 0 Å². The van der Waals surface area contributed by atoms with E-state index in [1.807, 2.05) is 36.4 Å². The highest BCUT2D eigenvalue weighted by molar-refractivity contribution is 6.30. The van der Waals surface area contributed by atoms with Crippen LogP contribution in [0.4, 0.5) is 11.4 Å².